The molecule has 0 fully saturated rings. The molecule has 3 heterocycles. The molecule has 32 heavy (non-hydrogen) atoms. The van der Waals surface area contributed by atoms with Crippen LogP contribution in [0.3, 0.4) is 0 Å². The first-order valence-corrected chi connectivity index (χ1v) is 11.2. The van der Waals surface area contributed by atoms with Crippen LogP contribution in [0.2, 0.25) is 0 Å². The highest BCUT2D eigenvalue weighted by molar-refractivity contribution is 7.16. The Hall–Kier alpha value is -3.43. The predicted molar refractivity (Wildman–Crippen MR) is 122 cm³/mol. The van der Waals surface area contributed by atoms with Gasteiger partial charge in [-0.2, -0.15) is 0 Å². The summed E-state index contributed by atoms with van der Waals surface area (Å²) in [5.74, 6) is 0.0444. The Bertz CT molecular complexity index is 1190. The largest absolute Gasteiger partial charge is 0.490 e. The Balaban J connectivity index is 1.39. The van der Waals surface area contributed by atoms with Crippen LogP contribution >= 0.6 is 11.3 Å². The van der Waals surface area contributed by atoms with Crippen LogP contribution in [0.4, 0.5) is 10.7 Å². The summed E-state index contributed by atoms with van der Waals surface area (Å²) < 4.78 is 5.08. The molecule has 2 aliphatic heterocycles. The number of nitro benzene ring substituents is 1. The second kappa shape index (κ2) is 8.25. The van der Waals surface area contributed by atoms with Gasteiger partial charge in [-0.15, -0.1) is 11.3 Å². The molecule has 0 saturated heterocycles. The van der Waals surface area contributed by atoms with E-state index in [-0.39, 0.29) is 17.3 Å². The summed E-state index contributed by atoms with van der Waals surface area (Å²) in [6, 6.07) is 15.1. The van der Waals surface area contributed by atoms with Crippen molar-refractivity contribution in [2.24, 2.45) is 0 Å². The Labute approximate surface area is 189 Å². The Kier molecular flexibility index (Phi) is 5.28. The number of amides is 1. The topological polar surface area (TPSA) is 96.7 Å². The number of fused-ring (bicyclic) bond motifs is 3. The number of thiophene rings is 1. The summed E-state index contributed by atoms with van der Waals surface area (Å²) in [5, 5.41) is 18.5. The average molecular weight is 451 g/mol. The van der Waals surface area contributed by atoms with Crippen molar-refractivity contribution in [3.63, 3.8) is 0 Å². The third-order valence-electron chi connectivity index (χ3n) is 5.90. The minimum atomic E-state index is -0.542. The first-order chi connectivity index (χ1) is 15.5. The monoisotopic (exact) mass is 450 g/mol. The van der Waals surface area contributed by atoms with E-state index in [0.717, 1.165) is 36.6 Å². The van der Waals surface area contributed by atoms with E-state index in [0.29, 0.717) is 11.1 Å². The summed E-state index contributed by atoms with van der Waals surface area (Å²) in [4.78, 5) is 27.5. The Morgan fingerprint density at radius 1 is 1.22 bits per heavy atom. The van der Waals surface area contributed by atoms with Crippen LogP contribution in [0.1, 0.15) is 38.1 Å². The quantitative estimate of drug-likeness (QED) is 0.449. The number of benzene rings is 2. The van der Waals surface area contributed by atoms with Crippen molar-refractivity contribution in [2.75, 3.05) is 19.0 Å². The Morgan fingerprint density at radius 2 is 2.03 bits per heavy atom. The first kappa shape index (κ1) is 20.5. The molecule has 3 aromatic rings. The second-order valence-electron chi connectivity index (χ2n) is 7.89. The van der Waals surface area contributed by atoms with Crippen LogP contribution in [-0.2, 0) is 19.5 Å². The molecule has 2 aliphatic rings. The lowest BCUT2D eigenvalue weighted by Gasteiger charge is -2.28. The standard InChI is InChI=1S/C23H22N4O4S/c1-31-18-8-7-15(11-17(18)27(29)30)21-24-22(28)20-16-9-10-26(12-14-5-3-2-4-6-14)13-19(16)32-23(20)25-21/h2-8,11,21,25H,9-10,12-13H2,1H3,(H,24,28)/t21-/m0/s1. The maximum Gasteiger partial charge on any atom is 0.311 e. The highest BCUT2D eigenvalue weighted by atomic mass is 32.1. The van der Waals surface area contributed by atoms with Gasteiger partial charge in [0.25, 0.3) is 5.91 Å². The van der Waals surface area contributed by atoms with Gasteiger partial charge >= 0.3 is 5.69 Å². The molecule has 5 rings (SSSR count). The lowest BCUT2D eigenvalue weighted by molar-refractivity contribution is -0.385. The van der Waals surface area contributed by atoms with Crippen molar-refractivity contribution < 1.29 is 14.5 Å². The van der Waals surface area contributed by atoms with Crippen LogP contribution in [0.25, 0.3) is 0 Å². The van der Waals surface area contributed by atoms with Crippen molar-refractivity contribution in [1.82, 2.24) is 10.2 Å². The van der Waals surface area contributed by atoms with Gasteiger partial charge in [0.05, 0.1) is 17.6 Å². The van der Waals surface area contributed by atoms with Crippen molar-refractivity contribution in [1.29, 1.82) is 0 Å². The number of anilines is 1. The number of carbonyl (C=O) groups is 1. The van der Waals surface area contributed by atoms with E-state index in [9.17, 15) is 14.9 Å². The molecule has 2 aromatic carbocycles. The van der Waals surface area contributed by atoms with Crippen molar-refractivity contribution in [3.8, 4) is 5.75 Å². The SMILES string of the molecule is COc1ccc([C@H]2NC(=O)c3c(sc4c3CCN(Cc3ccccc3)C4)N2)cc1[N+](=O)[O-]. The number of carbonyl (C=O) groups excluding carboxylic acids is 1. The number of hydrogen-bond acceptors (Lipinski definition) is 7. The molecule has 164 valence electrons. The number of nitrogens with one attached hydrogen (secondary N) is 2. The first-order valence-electron chi connectivity index (χ1n) is 10.3. The zero-order valence-corrected chi connectivity index (χ0v) is 18.3. The molecule has 1 amide bonds. The highest BCUT2D eigenvalue weighted by Gasteiger charge is 2.34. The predicted octanol–water partition coefficient (Wildman–Crippen LogP) is 4.08. The van der Waals surface area contributed by atoms with Crippen molar-refractivity contribution >= 4 is 27.9 Å². The van der Waals surface area contributed by atoms with Crippen LogP contribution in [-0.4, -0.2) is 29.4 Å². The normalized spacial score (nSPS) is 17.7. The lowest BCUT2D eigenvalue weighted by Crippen LogP contribution is -2.38. The minimum Gasteiger partial charge on any atom is -0.490 e. The molecule has 9 heteroatoms. The fourth-order valence-electron chi connectivity index (χ4n) is 4.34. The fraction of sp³-hybridized carbons (Fsp3) is 0.261. The maximum atomic E-state index is 13.0. The van der Waals surface area contributed by atoms with Crippen LogP contribution in [0, 0.1) is 10.1 Å². The molecule has 1 atom stereocenters. The highest BCUT2D eigenvalue weighted by Crippen LogP contribution is 2.41. The number of hydrogen-bond donors (Lipinski definition) is 2. The molecule has 1 aromatic heterocycles. The molecule has 0 unspecified atom stereocenters. The summed E-state index contributed by atoms with van der Waals surface area (Å²) in [6.45, 7) is 2.57. The molecule has 8 nitrogen and oxygen atoms in total. The van der Waals surface area contributed by atoms with Gasteiger partial charge in [0.15, 0.2) is 5.75 Å². The van der Waals surface area contributed by atoms with E-state index in [2.05, 4.69) is 27.7 Å². The van der Waals surface area contributed by atoms with Crippen LogP contribution in [0.5, 0.6) is 5.75 Å². The fourth-order valence-corrected chi connectivity index (χ4v) is 5.66. The van der Waals surface area contributed by atoms with Crippen LogP contribution in [0.15, 0.2) is 48.5 Å². The van der Waals surface area contributed by atoms with Gasteiger partial charge in [0, 0.05) is 36.1 Å². The summed E-state index contributed by atoms with van der Waals surface area (Å²) in [5.41, 5.74) is 3.57. The molecule has 0 saturated carbocycles. The third kappa shape index (κ3) is 3.69. The van der Waals surface area contributed by atoms with E-state index >= 15 is 0 Å². The summed E-state index contributed by atoms with van der Waals surface area (Å²) in [6.07, 6.45) is 0.280. The van der Waals surface area contributed by atoms with E-state index in [1.807, 2.05) is 18.2 Å². The molecule has 0 radical (unpaired) electrons. The lowest BCUT2D eigenvalue weighted by atomic mass is 10.00. The van der Waals surface area contributed by atoms with Crippen molar-refractivity contribution in [2.45, 2.75) is 25.7 Å². The van der Waals surface area contributed by atoms with E-state index < -0.39 is 11.1 Å². The van der Waals surface area contributed by atoms with Gasteiger partial charge in [-0.3, -0.25) is 19.8 Å². The molecule has 0 spiro atoms. The van der Waals surface area contributed by atoms with E-state index in [4.69, 9.17) is 4.74 Å². The van der Waals surface area contributed by atoms with Gasteiger partial charge in [-0.1, -0.05) is 36.4 Å². The van der Waals surface area contributed by atoms with Gasteiger partial charge in [0.2, 0.25) is 0 Å². The number of nitro groups is 1. The minimum absolute atomic E-state index is 0.131. The number of ether oxygens (including phenoxy) is 1. The molecular formula is C23H22N4O4S. The third-order valence-corrected chi connectivity index (χ3v) is 7.04. The number of rotatable bonds is 5. The average Bonchev–Trinajstić information content (AvgIpc) is 3.17. The van der Waals surface area contributed by atoms with Gasteiger partial charge in [-0.25, -0.2) is 0 Å². The number of nitrogens with zero attached hydrogens (tertiary/aromatic N) is 2. The van der Waals surface area contributed by atoms with E-state index in [1.54, 1.807) is 23.5 Å². The zero-order valence-electron chi connectivity index (χ0n) is 17.5. The maximum absolute atomic E-state index is 13.0. The second-order valence-corrected chi connectivity index (χ2v) is 9.00. The number of methoxy groups -OCH3 is 1. The summed E-state index contributed by atoms with van der Waals surface area (Å²) >= 11 is 1.60. The zero-order chi connectivity index (χ0) is 22.2. The smallest absolute Gasteiger partial charge is 0.311 e. The molecule has 0 bridgehead atoms. The molecular weight excluding hydrogens is 428 g/mol. The molecule has 2 N–H and O–H groups in total. The van der Waals surface area contributed by atoms with Gasteiger partial charge in [-0.05, 0) is 23.6 Å². The Morgan fingerprint density at radius 3 is 2.78 bits per heavy atom. The van der Waals surface area contributed by atoms with Gasteiger partial charge < -0.3 is 15.4 Å². The summed E-state index contributed by atoms with van der Waals surface area (Å²) in [7, 11) is 1.40. The van der Waals surface area contributed by atoms with Gasteiger partial charge in [0.1, 0.15) is 11.2 Å². The van der Waals surface area contributed by atoms with E-state index in [1.165, 1.54) is 23.6 Å². The molecule has 0 aliphatic carbocycles. The van der Waals surface area contributed by atoms with Crippen molar-refractivity contribution in [3.05, 3.63) is 85.8 Å². The van der Waals surface area contributed by atoms with Crippen LogP contribution < -0.4 is 15.4 Å².